The molecule has 12 nitrogen and oxygen atoms in total. The summed E-state index contributed by atoms with van der Waals surface area (Å²) in [4.78, 5) is 36.5. The van der Waals surface area contributed by atoms with Gasteiger partial charge >= 0.3 is 28.5 Å². The van der Waals surface area contributed by atoms with Gasteiger partial charge in [0.15, 0.2) is 6.04 Å². The third-order valence-electron chi connectivity index (χ3n) is 4.05. The van der Waals surface area contributed by atoms with Gasteiger partial charge in [-0.2, -0.15) is 13.5 Å². The molecular weight excluding hydrogens is 386 g/mol. The maximum atomic E-state index is 12.4. The molecule has 2 heterocycles. The fraction of sp³-hybridized carbons (Fsp3) is 0.357. The van der Waals surface area contributed by atoms with Crippen LogP contribution in [-0.4, -0.2) is 59.2 Å². The fourth-order valence-corrected chi connectivity index (χ4v) is 3.47. The summed E-state index contributed by atoms with van der Waals surface area (Å²) in [6, 6.07) is 0.592. The molecule has 0 radical (unpaired) electrons. The van der Waals surface area contributed by atoms with Crippen LogP contribution in [-0.2, 0) is 19.5 Å². The second kappa shape index (κ2) is 6.68. The van der Waals surface area contributed by atoms with Gasteiger partial charge < -0.3 is 20.1 Å². The number of hydrogen-bond donors (Lipinski definition) is 3. The zero-order chi connectivity index (χ0) is 19.9. The van der Waals surface area contributed by atoms with Crippen molar-refractivity contribution in [1.82, 2.24) is 15.3 Å². The number of nitrogens with zero attached hydrogens (tertiary/aromatic N) is 2. The smallest absolute Gasteiger partial charge is 0.418 e. The van der Waals surface area contributed by atoms with Gasteiger partial charge in [-0.3, -0.25) is 4.55 Å². The van der Waals surface area contributed by atoms with Crippen molar-refractivity contribution in [1.29, 1.82) is 0 Å². The summed E-state index contributed by atoms with van der Waals surface area (Å²) in [6.07, 6.45) is -0.738. The molecule has 3 rings (SSSR count). The van der Waals surface area contributed by atoms with Crippen LogP contribution >= 0.6 is 0 Å². The number of amides is 3. The van der Waals surface area contributed by atoms with Gasteiger partial charge in [-0.25, -0.2) is 14.4 Å². The monoisotopic (exact) mass is 401 g/mol. The van der Waals surface area contributed by atoms with Crippen LogP contribution in [0, 0.1) is 0 Å². The van der Waals surface area contributed by atoms with E-state index in [1.165, 1.54) is 18.2 Å². The number of carboxylic acids is 1. The number of rotatable bonds is 5. The summed E-state index contributed by atoms with van der Waals surface area (Å²) in [7, 11) is -5.02. The fourth-order valence-electron chi connectivity index (χ4n) is 3.10. The first-order chi connectivity index (χ1) is 12.6. The molecule has 0 aromatic heterocycles. The average molecular weight is 401 g/mol. The highest BCUT2D eigenvalue weighted by atomic mass is 32.3. The molecule has 3 amide bonds. The molecule has 2 aliphatic heterocycles. The highest BCUT2D eigenvalue weighted by molar-refractivity contribution is 7.80. The van der Waals surface area contributed by atoms with E-state index in [1.54, 1.807) is 6.92 Å². The number of fused-ring (bicyclic) bond motifs is 4. The number of aliphatic carboxylic acids is 1. The molecule has 27 heavy (non-hydrogen) atoms. The van der Waals surface area contributed by atoms with Crippen LogP contribution in [0.2, 0.25) is 0 Å². The number of hydroxylamine groups is 2. The zero-order valence-corrected chi connectivity index (χ0v) is 14.7. The summed E-state index contributed by atoms with van der Waals surface area (Å²) >= 11 is 0. The molecule has 0 saturated carbocycles. The molecule has 0 spiro atoms. The number of carboxylic acid groups (broad SMARTS) is 1. The topological polar surface area (TPSA) is 163 Å². The maximum absolute atomic E-state index is 12.4. The Hall–Kier alpha value is -2.90. The largest absolute Gasteiger partial charge is 0.479 e. The molecule has 2 aliphatic rings. The van der Waals surface area contributed by atoms with E-state index in [0.717, 1.165) is 4.90 Å². The minimum Gasteiger partial charge on any atom is -0.479 e. The molecule has 146 valence electrons. The quantitative estimate of drug-likeness (QED) is 0.594. The molecule has 1 aromatic rings. The van der Waals surface area contributed by atoms with Crippen molar-refractivity contribution < 1.29 is 41.5 Å². The lowest BCUT2D eigenvalue weighted by Crippen LogP contribution is -2.38. The minimum absolute atomic E-state index is 0.0587. The van der Waals surface area contributed by atoms with E-state index < -0.39 is 40.6 Å². The zero-order valence-electron chi connectivity index (χ0n) is 13.9. The van der Waals surface area contributed by atoms with Crippen LogP contribution in [0.5, 0.6) is 5.75 Å². The number of nitrogens with one attached hydrogen (secondary N) is 1. The van der Waals surface area contributed by atoms with Gasteiger partial charge in [0, 0.05) is 6.54 Å². The third-order valence-corrected chi connectivity index (χ3v) is 4.40. The predicted octanol–water partition coefficient (Wildman–Crippen LogP) is 0.447. The molecular formula is C14H15N3O9S. The molecule has 0 aliphatic carbocycles. The molecule has 1 saturated heterocycles. The number of carbonyl (C=O) groups excluding carboxylic acids is 2. The summed E-state index contributed by atoms with van der Waals surface area (Å²) < 4.78 is 40.4. The van der Waals surface area contributed by atoms with Crippen molar-refractivity contribution >= 4 is 28.5 Å². The molecule has 1 unspecified atom stereocenters. The lowest BCUT2D eigenvalue weighted by atomic mass is 9.91. The van der Waals surface area contributed by atoms with Gasteiger partial charge in [-0.05, 0) is 30.2 Å². The highest BCUT2D eigenvalue weighted by Crippen LogP contribution is 2.45. The Labute approximate surface area is 153 Å². The van der Waals surface area contributed by atoms with Crippen LogP contribution in [0.15, 0.2) is 18.2 Å². The van der Waals surface area contributed by atoms with Gasteiger partial charge in [-0.15, -0.1) is 4.28 Å². The summed E-state index contributed by atoms with van der Waals surface area (Å²) in [5.74, 6) is -1.28. The first kappa shape index (κ1) is 18.9. The Bertz CT molecular complexity index is 916. The SMILES string of the molecule is CCNC(=O)Oc1ccc2c(c1)[C@H]1CN(C(=O)N1OS(=O)(=O)O)C2C(=O)O. The molecule has 2 bridgehead atoms. The van der Waals surface area contributed by atoms with Gasteiger partial charge in [0.1, 0.15) is 11.8 Å². The molecule has 3 N–H and O–H groups in total. The van der Waals surface area contributed by atoms with E-state index in [1.807, 2.05) is 0 Å². The lowest BCUT2D eigenvalue weighted by molar-refractivity contribution is -0.142. The summed E-state index contributed by atoms with van der Waals surface area (Å²) in [5.41, 5.74) is 0.423. The molecule has 1 fully saturated rings. The second-order valence-corrected chi connectivity index (χ2v) is 6.73. The van der Waals surface area contributed by atoms with Crippen LogP contribution in [0.25, 0.3) is 0 Å². The van der Waals surface area contributed by atoms with Gasteiger partial charge in [0.25, 0.3) is 0 Å². The Morgan fingerprint density at radius 3 is 2.63 bits per heavy atom. The highest BCUT2D eigenvalue weighted by Gasteiger charge is 2.52. The van der Waals surface area contributed by atoms with Crippen LogP contribution in [0.4, 0.5) is 9.59 Å². The maximum Gasteiger partial charge on any atom is 0.418 e. The predicted molar refractivity (Wildman–Crippen MR) is 85.8 cm³/mol. The number of carbonyl (C=O) groups is 3. The first-order valence-corrected chi connectivity index (χ1v) is 9.08. The summed E-state index contributed by atoms with van der Waals surface area (Å²) in [6.45, 7) is 1.82. The standard InChI is InChI=1S/C14H15N3O9S/c1-2-15-13(20)25-7-3-4-8-9(5-7)10-6-16(11(8)12(18)19)14(21)17(10)26-27(22,23)24/h3-5,10-11H,2,6H2,1H3,(H,15,20)(H,18,19)(H,22,23,24)/t10-,11?/m1/s1. The molecule has 13 heteroatoms. The average Bonchev–Trinajstić information content (AvgIpc) is 2.81. The molecule has 2 atom stereocenters. The third kappa shape index (κ3) is 3.51. The number of benzene rings is 1. The second-order valence-electron chi connectivity index (χ2n) is 5.73. The van der Waals surface area contributed by atoms with Crippen molar-refractivity contribution in [2.45, 2.75) is 19.0 Å². The van der Waals surface area contributed by atoms with E-state index in [9.17, 15) is 27.9 Å². The Kier molecular flexibility index (Phi) is 4.67. The van der Waals surface area contributed by atoms with E-state index in [4.69, 9.17) is 9.29 Å². The number of urea groups is 1. The van der Waals surface area contributed by atoms with E-state index in [2.05, 4.69) is 9.60 Å². The van der Waals surface area contributed by atoms with Gasteiger partial charge in [0.05, 0.1) is 6.54 Å². The Morgan fingerprint density at radius 1 is 1.33 bits per heavy atom. The Balaban J connectivity index is 2.04. The van der Waals surface area contributed by atoms with Crippen LogP contribution < -0.4 is 10.1 Å². The van der Waals surface area contributed by atoms with E-state index >= 15 is 0 Å². The van der Waals surface area contributed by atoms with Gasteiger partial charge in [-0.1, -0.05) is 6.07 Å². The lowest BCUT2D eigenvalue weighted by Gasteiger charge is -2.30. The minimum atomic E-state index is -5.02. The van der Waals surface area contributed by atoms with Crippen molar-refractivity contribution in [2.75, 3.05) is 13.1 Å². The van der Waals surface area contributed by atoms with Crippen molar-refractivity contribution in [2.24, 2.45) is 0 Å². The number of ether oxygens (including phenoxy) is 1. The van der Waals surface area contributed by atoms with Crippen molar-refractivity contribution in [3.8, 4) is 5.75 Å². The summed E-state index contributed by atoms with van der Waals surface area (Å²) in [5, 5.41) is 12.3. The van der Waals surface area contributed by atoms with Crippen molar-refractivity contribution in [3.05, 3.63) is 29.3 Å². The molecule has 1 aromatic carbocycles. The van der Waals surface area contributed by atoms with E-state index in [0.29, 0.717) is 11.6 Å². The van der Waals surface area contributed by atoms with E-state index in [-0.39, 0.29) is 23.4 Å². The van der Waals surface area contributed by atoms with Crippen LogP contribution in [0.3, 0.4) is 0 Å². The Morgan fingerprint density at radius 2 is 2.04 bits per heavy atom. The van der Waals surface area contributed by atoms with Crippen LogP contribution in [0.1, 0.15) is 30.1 Å². The normalized spacial score (nSPS) is 21.0. The van der Waals surface area contributed by atoms with Gasteiger partial charge in [0.2, 0.25) is 0 Å². The number of hydrogen-bond acceptors (Lipinski definition) is 7. The first-order valence-electron chi connectivity index (χ1n) is 7.71. The van der Waals surface area contributed by atoms with Crippen molar-refractivity contribution in [3.63, 3.8) is 0 Å².